The number of hydrogen-bond donors (Lipinski definition) is 1. The normalized spacial score (nSPS) is 16.3. The number of rotatable bonds is 6. The van der Waals surface area contributed by atoms with Gasteiger partial charge in [-0.15, -0.1) is 0 Å². The van der Waals surface area contributed by atoms with Gasteiger partial charge in [-0.1, -0.05) is 41.1 Å². The first-order valence-electron chi connectivity index (χ1n) is 8.91. The first-order chi connectivity index (χ1) is 13.4. The smallest absolute Gasteiger partial charge is 0.282 e. The van der Waals surface area contributed by atoms with E-state index in [2.05, 4.69) is 21.4 Å². The average molecular weight is 445 g/mol. The van der Waals surface area contributed by atoms with E-state index in [-0.39, 0.29) is 11.7 Å². The van der Waals surface area contributed by atoms with Crippen molar-refractivity contribution in [3.05, 3.63) is 58.1 Å². The molecule has 3 rings (SSSR count). The fraction of sp³-hybridized carbons (Fsp3) is 0.238. The van der Waals surface area contributed by atoms with Crippen LogP contribution in [0.4, 0.5) is 5.69 Å². The number of amides is 2. The molecule has 1 heterocycles. The van der Waals surface area contributed by atoms with E-state index < -0.39 is 11.8 Å². The lowest BCUT2D eigenvalue weighted by molar-refractivity contribution is -0.117. The molecule has 1 aliphatic rings. The van der Waals surface area contributed by atoms with E-state index in [1.54, 1.807) is 43.5 Å². The molecule has 0 radical (unpaired) electrons. The topological polar surface area (TPSA) is 67.9 Å². The lowest BCUT2D eigenvalue weighted by Gasteiger charge is -2.18. The number of hydrogen-bond acceptors (Lipinski definition) is 4. The Bertz CT molecular complexity index is 928. The molecule has 0 spiro atoms. The van der Waals surface area contributed by atoms with Crippen molar-refractivity contribution < 1.29 is 19.1 Å². The maximum Gasteiger partial charge on any atom is 0.282 e. The van der Waals surface area contributed by atoms with Crippen molar-refractivity contribution in [1.82, 2.24) is 5.43 Å². The first kappa shape index (κ1) is 19.9. The Labute approximate surface area is 172 Å². The molecule has 1 aliphatic heterocycles. The van der Waals surface area contributed by atoms with Gasteiger partial charge in [0.2, 0.25) is 0 Å². The third-order valence-electron chi connectivity index (χ3n) is 4.37. The number of halogens is 1. The number of hydrazine groups is 1. The van der Waals surface area contributed by atoms with Crippen LogP contribution in [0.5, 0.6) is 11.5 Å². The van der Waals surface area contributed by atoms with Crippen molar-refractivity contribution in [1.29, 1.82) is 0 Å². The zero-order chi connectivity index (χ0) is 20.3. The minimum Gasteiger partial charge on any atom is -0.493 e. The summed E-state index contributed by atoms with van der Waals surface area (Å²) < 4.78 is 12.2. The molecule has 0 aromatic heterocycles. The molecule has 1 fully saturated rings. The van der Waals surface area contributed by atoms with Crippen LogP contribution < -0.4 is 19.9 Å². The van der Waals surface area contributed by atoms with Crippen molar-refractivity contribution in [2.45, 2.75) is 26.4 Å². The molecule has 1 saturated heterocycles. The van der Waals surface area contributed by atoms with Crippen molar-refractivity contribution in [3.8, 4) is 11.5 Å². The summed E-state index contributed by atoms with van der Waals surface area (Å²) in [6, 6.07) is 12.5. The van der Waals surface area contributed by atoms with Gasteiger partial charge in [0.15, 0.2) is 11.5 Å². The molecule has 1 N–H and O–H groups in total. The molecule has 0 bridgehead atoms. The Morgan fingerprint density at radius 2 is 1.93 bits per heavy atom. The van der Waals surface area contributed by atoms with Gasteiger partial charge < -0.3 is 9.47 Å². The van der Waals surface area contributed by atoms with Gasteiger partial charge in [-0.3, -0.25) is 15.0 Å². The van der Waals surface area contributed by atoms with E-state index in [9.17, 15) is 9.59 Å². The summed E-state index contributed by atoms with van der Waals surface area (Å²) in [5.41, 5.74) is 3.80. The van der Waals surface area contributed by atoms with Crippen LogP contribution in [-0.2, 0) is 9.59 Å². The molecule has 28 heavy (non-hydrogen) atoms. The summed E-state index contributed by atoms with van der Waals surface area (Å²) in [6.45, 7) is 3.96. The van der Waals surface area contributed by atoms with E-state index >= 15 is 0 Å². The van der Waals surface area contributed by atoms with Crippen LogP contribution in [0.3, 0.4) is 0 Å². The highest BCUT2D eigenvalue weighted by Gasteiger charge is 2.34. The maximum atomic E-state index is 12.8. The van der Waals surface area contributed by atoms with Crippen molar-refractivity contribution in [2.75, 3.05) is 12.1 Å². The van der Waals surface area contributed by atoms with Crippen molar-refractivity contribution in [3.63, 3.8) is 0 Å². The number of nitrogens with zero attached hydrogens (tertiary/aromatic N) is 1. The van der Waals surface area contributed by atoms with Crippen LogP contribution in [0.25, 0.3) is 6.08 Å². The minimum atomic E-state index is -0.470. The molecule has 2 amide bonds. The molecule has 7 heteroatoms. The third kappa shape index (κ3) is 4.04. The van der Waals surface area contributed by atoms with Crippen LogP contribution in [-0.4, -0.2) is 25.0 Å². The van der Waals surface area contributed by atoms with E-state index in [4.69, 9.17) is 9.47 Å². The zero-order valence-electron chi connectivity index (χ0n) is 15.9. The molecule has 146 valence electrons. The Morgan fingerprint density at radius 1 is 1.21 bits per heavy atom. The molecule has 1 atom stereocenters. The molecule has 0 unspecified atom stereocenters. The quantitative estimate of drug-likeness (QED) is 0.537. The number of carbonyl (C=O) groups is 2. The van der Waals surface area contributed by atoms with Crippen LogP contribution in [0.15, 0.2) is 52.5 Å². The molecule has 0 saturated carbocycles. The fourth-order valence-corrected chi connectivity index (χ4v) is 3.18. The Kier molecular flexibility index (Phi) is 6.04. The fourth-order valence-electron chi connectivity index (χ4n) is 2.73. The number of anilines is 1. The summed E-state index contributed by atoms with van der Waals surface area (Å²) in [5.74, 6) is 0.116. The lowest BCUT2D eigenvalue weighted by Crippen LogP contribution is -2.35. The standard InChI is InChI=1S/C21H21BrN2O4/c1-4-13(2)28-19-14(10-15(22)12-18(19)27-3)11-17-20(25)23-24(21(17)26)16-8-6-5-7-9-16/h5-13H,4H2,1-3H3,(H,23,25)/b17-11-/t13-/m0/s1. The Morgan fingerprint density at radius 3 is 2.57 bits per heavy atom. The third-order valence-corrected chi connectivity index (χ3v) is 4.83. The second-order valence-corrected chi connectivity index (χ2v) is 7.25. The lowest BCUT2D eigenvalue weighted by atomic mass is 10.1. The van der Waals surface area contributed by atoms with Gasteiger partial charge in [0.1, 0.15) is 5.57 Å². The average Bonchev–Trinajstić information content (AvgIpc) is 2.98. The van der Waals surface area contributed by atoms with Crippen LogP contribution in [0, 0.1) is 0 Å². The summed E-state index contributed by atoms with van der Waals surface area (Å²) in [6.07, 6.45) is 2.28. The number of benzene rings is 2. The van der Waals surface area contributed by atoms with E-state index in [1.807, 2.05) is 19.9 Å². The Balaban J connectivity index is 2.04. The summed E-state index contributed by atoms with van der Waals surface area (Å²) in [4.78, 5) is 25.3. The van der Waals surface area contributed by atoms with Gasteiger partial charge in [0.25, 0.3) is 11.8 Å². The van der Waals surface area contributed by atoms with Gasteiger partial charge in [-0.2, -0.15) is 0 Å². The van der Waals surface area contributed by atoms with Crippen LogP contribution >= 0.6 is 15.9 Å². The number of carbonyl (C=O) groups excluding carboxylic acids is 2. The van der Waals surface area contributed by atoms with E-state index in [1.165, 1.54) is 11.1 Å². The number of para-hydroxylation sites is 1. The van der Waals surface area contributed by atoms with Crippen molar-refractivity contribution in [2.24, 2.45) is 0 Å². The SMILES string of the molecule is CC[C@H](C)Oc1c(/C=C2/C(=O)NN(c3ccccc3)C2=O)cc(Br)cc1OC. The predicted octanol–water partition coefficient (Wildman–Crippen LogP) is 4.10. The molecular formula is C21H21BrN2O4. The van der Waals surface area contributed by atoms with Crippen LogP contribution in [0.1, 0.15) is 25.8 Å². The first-order valence-corrected chi connectivity index (χ1v) is 9.70. The largest absolute Gasteiger partial charge is 0.493 e. The van der Waals surface area contributed by atoms with E-state index in [0.29, 0.717) is 22.7 Å². The van der Waals surface area contributed by atoms with Gasteiger partial charge in [-0.05, 0) is 43.7 Å². The molecule has 6 nitrogen and oxygen atoms in total. The predicted molar refractivity (Wildman–Crippen MR) is 111 cm³/mol. The highest BCUT2D eigenvalue weighted by molar-refractivity contribution is 9.10. The highest BCUT2D eigenvalue weighted by Crippen LogP contribution is 2.37. The van der Waals surface area contributed by atoms with Gasteiger partial charge in [0.05, 0.1) is 18.9 Å². The molecule has 0 aliphatic carbocycles. The molecule has 2 aromatic carbocycles. The molecular weight excluding hydrogens is 424 g/mol. The molecule has 2 aromatic rings. The minimum absolute atomic E-state index is 0.0259. The van der Waals surface area contributed by atoms with Crippen LogP contribution in [0.2, 0.25) is 0 Å². The maximum absolute atomic E-state index is 12.8. The zero-order valence-corrected chi connectivity index (χ0v) is 17.4. The second-order valence-electron chi connectivity index (χ2n) is 6.34. The summed E-state index contributed by atoms with van der Waals surface area (Å²) in [7, 11) is 1.55. The summed E-state index contributed by atoms with van der Waals surface area (Å²) in [5, 5.41) is 1.23. The van der Waals surface area contributed by atoms with Gasteiger partial charge in [-0.25, -0.2) is 5.01 Å². The van der Waals surface area contributed by atoms with Gasteiger partial charge in [0, 0.05) is 10.0 Å². The second kappa shape index (κ2) is 8.48. The van der Waals surface area contributed by atoms with Gasteiger partial charge >= 0.3 is 0 Å². The van der Waals surface area contributed by atoms with E-state index in [0.717, 1.165) is 10.9 Å². The number of nitrogens with one attached hydrogen (secondary N) is 1. The highest BCUT2D eigenvalue weighted by atomic mass is 79.9. The monoisotopic (exact) mass is 444 g/mol. The Hall–Kier alpha value is -2.80. The van der Waals surface area contributed by atoms with Crippen molar-refractivity contribution >= 4 is 39.5 Å². The number of ether oxygens (including phenoxy) is 2. The number of methoxy groups -OCH3 is 1. The summed E-state index contributed by atoms with van der Waals surface area (Å²) >= 11 is 3.44.